The van der Waals surface area contributed by atoms with Gasteiger partial charge in [-0.3, -0.25) is 4.79 Å². The van der Waals surface area contributed by atoms with Crippen LogP contribution < -0.4 is 5.32 Å². The van der Waals surface area contributed by atoms with Crippen molar-refractivity contribution in [2.45, 2.75) is 12.5 Å². The molecule has 1 saturated heterocycles. The molecule has 13 heavy (non-hydrogen) atoms. The Balaban J connectivity index is 2.48. The molecular weight excluding hydrogens is 194 g/mol. The van der Waals surface area contributed by atoms with Crippen LogP contribution in [-0.2, 0) is 19.4 Å². The first-order chi connectivity index (χ1) is 6.03. The Morgan fingerprint density at radius 2 is 2.31 bits per heavy atom. The smallest absolute Gasteiger partial charge is 0.307 e. The molecule has 1 N–H and O–H groups in total. The Hall–Kier alpha value is -0.620. The molecule has 1 aliphatic heterocycles. The van der Waals surface area contributed by atoms with E-state index in [2.05, 4.69) is 10.1 Å². The summed E-state index contributed by atoms with van der Waals surface area (Å²) in [6.07, 6.45) is 0.121. The molecule has 1 atom stereocenters. The molecular formula is C7H13NO4S. The molecule has 0 aromatic carbocycles. The SMILES string of the molecule is COC(=O)C[C@H]1CS(=O)(=O)CCN1. The molecule has 6 heteroatoms. The van der Waals surface area contributed by atoms with Gasteiger partial charge in [-0.2, -0.15) is 0 Å². The topological polar surface area (TPSA) is 72.5 Å². The molecule has 0 aliphatic carbocycles. The van der Waals surface area contributed by atoms with Gasteiger partial charge in [0.1, 0.15) is 0 Å². The summed E-state index contributed by atoms with van der Waals surface area (Å²) in [5.41, 5.74) is 0. The molecule has 1 rings (SSSR count). The van der Waals surface area contributed by atoms with Crippen LogP contribution in [0.25, 0.3) is 0 Å². The number of carbonyl (C=O) groups is 1. The van der Waals surface area contributed by atoms with Gasteiger partial charge in [0, 0.05) is 12.6 Å². The van der Waals surface area contributed by atoms with E-state index in [9.17, 15) is 13.2 Å². The Kier molecular flexibility index (Phi) is 3.27. The zero-order valence-electron chi connectivity index (χ0n) is 7.45. The van der Waals surface area contributed by atoms with E-state index in [0.29, 0.717) is 6.54 Å². The van der Waals surface area contributed by atoms with Crippen LogP contribution in [0.15, 0.2) is 0 Å². The Labute approximate surface area is 77.4 Å². The van der Waals surface area contributed by atoms with Crippen LogP contribution in [0.3, 0.4) is 0 Å². The third kappa shape index (κ3) is 3.31. The number of ether oxygens (including phenoxy) is 1. The molecule has 0 bridgehead atoms. The van der Waals surface area contributed by atoms with Gasteiger partial charge in [-0.1, -0.05) is 0 Å². The van der Waals surface area contributed by atoms with Crippen LogP contribution in [0, 0.1) is 0 Å². The van der Waals surface area contributed by atoms with Crippen molar-refractivity contribution < 1.29 is 17.9 Å². The summed E-state index contributed by atoms with van der Waals surface area (Å²) in [7, 11) is -1.66. The van der Waals surface area contributed by atoms with Gasteiger partial charge < -0.3 is 10.1 Å². The molecule has 76 valence electrons. The second-order valence-corrected chi connectivity index (χ2v) is 5.27. The lowest BCUT2D eigenvalue weighted by atomic mass is 10.2. The number of sulfone groups is 1. The Morgan fingerprint density at radius 3 is 2.85 bits per heavy atom. The van der Waals surface area contributed by atoms with Crippen molar-refractivity contribution >= 4 is 15.8 Å². The fraction of sp³-hybridized carbons (Fsp3) is 0.857. The second kappa shape index (κ2) is 4.06. The zero-order chi connectivity index (χ0) is 9.90. The Morgan fingerprint density at radius 1 is 1.62 bits per heavy atom. The highest BCUT2D eigenvalue weighted by Gasteiger charge is 2.25. The lowest BCUT2D eigenvalue weighted by Crippen LogP contribution is -2.46. The molecule has 1 aliphatic rings. The number of rotatable bonds is 2. The molecule has 0 amide bonds. The minimum atomic E-state index is -2.96. The Bertz CT molecular complexity index is 285. The van der Waals surface area contributed by atoms with E-state index in [0.717, 1.165) is 0 Å². The highest BCUT2D eigenvalue weighted by atomic mass is 32.2. The average Bonchev–Trinajstić information content (AvgIpc) is 2.02. The summed E-state index contributed by atoms with van der Waals surface area (Å²) in [6, 6.07) is -0.286. The van der Waals surface area contributed by atoms with Crippen molar-refractivity contribution in [3.05, 3.63) is 0 Å². The van der Waals surface area contributed by atoms with Crippen LogP contribution in [0.2, 0.25) is 0 Å². The number of carbonyl (C=O) groups excluding carboxylic acids is 1. The third-order valence-corrected chi connectivity index (χ3v) is 3.68. The summed E-state index contributed by atoms with van der Waals surface area (Å²) in [6.45, 7) is 0.421. The summed E-state index contributed by atoms with van der Waals surface area (Å²) >= 11 is 0. The van der Waals surface area contributed by atoms with Crippen molar-refractivity contribution in [2.75, 3.05) is 25.2 Å². The number of hydrogen-bond acceptors (Lipinski definition) is 5. The largest absolute Gasteiger partial charge is 0.469 e. The fourth-order valence-corrected chi connectivity index (χ4v) is 2.73. The monoisotopic (exact) mass is 207 g/mol. The standard InChI is InChI=1S/C7H13NO4S/c1-12-7(9)4-6-5-13(10,11)3-2-8-6/h6,8H,2-5H2,1H3/t6-/m0/s1. The number of esters is 1. The maximum Gasteiger partial charge on any atom is 0.307 e. The highest BCUT2D eigenvalue weighted by molar-refractivity contribution is 7.91. The van der Waals surface area contributed by atoms with Crippen molar-refractivity contribution in [1.29, 1.82) is 0 Å². The van der Waals surface area contributed by atoms with Crippen LogP contribution in [0.5, 0.6) is 0 Å². The average molecular weight is 207 g/mol. The normalized spacial score (nSPS) is 26.7. The molecule has 0 saturated carbocycles. The van der Waals surface area contributed by atoms with Gasteiger partial charge in [0.15, 0.2) is 9.84 Å². The number of nitrogens with one attached hydrogen (secondary N) is 1. The fourth-order valence-electron chi connectivity index (χ4n) is 1.28. The maximum absolute atomic E-state index is 11.1. The second-order valence-electron chi connectivity index (χ2n) is 3.05. The molecule has 0 spiro atoms. The van der Waals surface area contributed by atoms with Gasteiger partial charge in [0.05, 0.1) is 25.0 Å². The van der Waals surface area contributed by atoms with Gasteiger partial charge in [-0.05, 0) is 0 Å². The summed E-state index contributed by atoms with van der Waals surface area (Å²) in [5.74, 6) is -0.193. The summed E-state index contributed by atoms with van der Waals surface area (Å²) in [4.78, 5) is 10.8. The first-order valence-electron chi connectivity index (χ1n) is 4.04. The van der Waals surface area contributed by atoms with Crippen molar-refractivity contribution in [2.24, 2.45) is 0 Å². The van der Waals surface area contributed by atoms with E-state index in [1.807, 2.05) is 0 Å². The lowest BCUT2D eigenvalue weighted by Gasteiger charge is -2.22. The molecule has 0 radical (unpaired) electrons. The quantitative estimate of drug-likeness (QED) is 0.584. The molecule has 1 fully saturated rings. The third-order valence-electron chi connectivity index (χ3n) is 1.94. The molecule has 0 aromatic heterocycles. The van der Waals surface area contributed by atoms with Crippen molar-refractivity contribution in [3.63, 3.8) is 0 Å². The predicted octanol–water partition coefficient (Wildman–Crippen LogP) is -1.06. The summed E-state index contributed by atoms with van der Waals surface area (Å²) < 4.78 is 26.7. The van der Waals surface area contributed by atoms with Gasteiger partial charge in [0.25, 0.3) is 0 Å². The van der Waals surface area contributed by atoms with Crippen molar-refractivity contribution in [3.8, 4) is 0 Å². The van der Waals surface area contributed by atoms with E-state index in [1.165, 1.54) is 7.11 Å². The first kappa shape index (κ1) is 10.5. The molecule has 0 unspecified atom stereocenters. The van der Waals surface area contributed by atoms with E-state index in [1.54, 1.807) is 0 Å². The van der Waals surface area contributed by atoms with E-state index in [-0.39, 0.29) is 29.9 Å². The predicted molar refractivity (Wildman–Crippen MR) is 47.1 cm³/mol. The molecule has 5 nitrogen and oxygen atoms in total. The van der Waals surface area contributed by atoms with Gasteiger partial charge in [-0.15, -0.1) is 0 Å². The van der Waals surface area contributed by atoms with Gasteiger partial charge in [0.2, 0.25) is 0 Å². The number of hydrogen-bond donors (Lipinski definition) is 1. The van der Waals surface area contributed by atoms with Crippen LogP contribution in [0.4, 0.5) is 0 Å². The first-order valence-corrected chi connectivity index (χ1v) is 5.86. The minimum absolute atomic E-state index is 0.0299. The highest BCUT2D eigenvalue weighted by Crippen LogP contribution is 2.05. The summed E-state index contributed by atoms with van der Waals surface area (Å²) in [5, 5.41) is 2.96. The lowest BCUT2D eigenvalue weighted by molar-refractivity contribution is -0.141. The minimum Gasteiger partial charge on any atom is -0.469 e. The van der Waals surface area contributed by atoms with E-state index >= 15 is 0 Å². The zero-order valence-corrected chi connectivity index (χ0v) is 8.26. The van der Waals surface area contributed by atoms with Crippen molar-refractivity contribution in [1.82, 2.24) is 5.32 Å². The van der Waals surface area contributed by atoms with Gasteiger partial charge >= 0.3 is 5.97 Å². The van der Waals surface area contributed by atoms with Gasteiger partial charge in [-0.25, -0.2) is 8.42 Å². The van der Waals surface area contributed by atoms with Crippen LogP contribution in [-0.4, -0.2) is 45.6 Å². The van der Waals surface area contributed by atoms with E-state index < -0.39 is 9.84 Å². The number of methoxy groups -OCH3 is 1. The van der Waals surface area contributed by atoms with Crippen LogP contribution >= 0.6 is 0 Å². The maximum atomic E-state index is 11.1. The van der Waals surface area contributed by atoms with E-state index in [4.69, 9.17) is 0 Å². The molecule has 1 heterocycles. The van der Waals surface area contributed by atoms with Crippen LogP contribution in [0.1, 0.15) is 6.42 Å². The molecule has 0 aromatic rings.